The Morgan fingerprint density at radius 2 is 2.00 bits per heavy atom. The zero-order valence-electron chi connectivity index (χ0n) is 15.0. The molecular weight excluding hydrogens is 387 g/mol. The molecule has 1 aromatic carbocycles. The lowest BCUT2D eigenvalue weighted by atomic mass is 10.1. The van der Waals surface area contributed by atoms with E-state index in [0.717, 1.165) is 24.6 Å². The Balaban J connectivity index is 1.55. The first kappa shape index (κ1) is 20.0. The number of carbonyl (C=O) groups excluding carboxylic acids is 1. The molecule has 0 unspecified atom stereocenters. The van der Waals surface area contributed by atoms with Gasteiger partial charge in [0.2, 0.25) is 0 Å². The highest BCUT2D eigenvalue weighted by molar-refractivity contribution is 6.34. The Kier molecular flexibility index (Phi) is 6.43. The van der Waals surface area contributed by atoms with Crippen molar-refractivity contribution < 1.29 is 19.1 Å². The van der Waals surface area contributed by atoms with Crippen molar-refractivity contribution in [3.8, 4) is 0 Å². The number of anilines is 1. The maximum absolute atomic E-state index is 13.1. The molecule has 148 valence electrons. The molecule has 2 amide bonds. The van der Waals surface area contributed by atoms with Crippen LogP contribution in [0, 0.1) is 5.82 Å². The number of nitrogens with zero attached hydrogens (tertiary/aromatic N) is 2. The van der Waals surface area contributed by atoms with Crippen molar-refractivity contribution in [1.29, 1.82) is 0 Å². The van der Waals surface area contributed by atoms with Crippen molar-refractivity contribution in [2.24, 2.45) is 0 Å². The Bertz CT molecular complexity index is 872. The molecule has 9 heteroatoms. The summed E-state index contributed by atoms with van der Waals surface area (Å²) >= 11 is 5.92. The van der Waals surface area contributed by atoms with Crippen LogP contribution in [0.25, 0.3) is 0 Å². The van der Waals surface area contributed by atoms with Crippen LogP contribution in [0.2, 0.25) is 5.02 Å². The second-order valence-electron chi connectivity index (χ2n) is 6.52. The number of hydrogen-bond acceptors (Lipinski definition) is 4. The van der Waals surface area contributed by atoms with Crippen LogP contribution in [0.1, 0.15) is 28.9 Å². The second kappa shape index (κ2) is 8.99. The molecule has 1 saturated heterocycles. The molecule has 3 N–H and O–H groups in total. The van der Waals surface area contributed by atoms with Crippen molar-refractivity contribution in [2.75, 3.05) is 18.4 Å². The summed E-state index contributed by atoms with van der Waals surface area (Å²) in [6, 6.07) is 9.06. The minimum Gasteiger partial charge on any atom is -0.465 e. The Labute approximate surface area is 166 Å². The smallest absolute Gasteiger partial charge is 0.407 e. The van der Waals surface area contributed by atoms with E-state index in [4.69, 9.17) is 16.7 Å². The third kappa shape index (κ3) is 5.17. The summed E-state index contributed by atoms with van der Waals surface area (Å²) in [5.41, 5.74) is 0.905. The fourth-order valence-corrected chi connectivity index (χ4v) is 3.28. The number of amides is 2. The van der Waals surface area contributed by atoms with Gasteiger partial charge in [0.25, 0.3) is 5.91 Å². The van der Waals surface area contributed by atoms with Gasteiger partial charge >= 0.3 is 6.09 Å². The predicted molar refractivity (Wildman–Crippen MR) is 103 cm³/mol. The summed E-state index contributed by atoms with van der Waals surface area (Å²) in [5, 5.41) is 15.0. The molecule has 2 heterocycles. The molecule has 2 aromatic rings. The molecule has 0 spiro atoms. The van der Waals surface area contributed by atoms with Crippen LogP contribution < -0.4 is 10.6 Å². The standard InChI is InChI=1S/C19H20ClFN4O3/c20-16-10-12(21)4-5-15(16)18(26)24-17-3-1-2-14(23-17)11-22-13-6-8-25(9-7-13)19(27)28/h1-5,10,13,22H,6-9,11H2,(H,27,28)(H,23,24,26). The highest BCUT2D eigenvalue weighted by atomic mass is 35.5. The number of halogens is 2. The predicted octanol–water partition coefficient (Wildman–Crippen LogP) is 3.36. The third-order valence-corrected chi connectivity index (χ3v) is 4.87. The average molecular weight is 407 g/mol. The number of nitrogens with one attached hydrogen (secondary N) is 2. The van der Waals surface area contributed by atoms with Crippen molar-refractivity contribution in [1.82, 2.24) is 15.2 Å². The maximum Gasteiger partial charge on any atom is 0.407 e. The normalized spacial score (nSPS) is 14.7. The van der Waals surface area contributed by atoms with E-state index in [1.807, 2.05) is 6.07 Å². The summed E-state index contributed by atoms with van der Waals surface area (Å²) in [6.45, 7) is 1.52. The zero-order chi connectivity index (χ0) is 20.1. The molecular formula is C19H20ClFN4O3. The lowest BCUT2D eigenvalue weighted by Crippen LogP contribution is -2.44. The van der Waals surface area contributed by atoms with Gasteiger partial charge in [0.1, 0.15) is 11.6 Å². The number of carboxylic acid groups (broad SMARTS) is 1. The highest BCUT2D eigenvalue weighted by Crippen LogP contribution is 2.19. The Morgan fingerprint density at radius 1 is 1.25 bits per heavy atom. The first-order chi connectivity index (χ1) is 13.4. The van der Waals surface area contributed by atoms with E-state index < -0.39 is 17.8 Å². The monoisotopic (exact) mass is 406 g/mol. The molecule has 1 aliphatic rings. The van der Waals surface area contributed by atoms with Crippen LogP contribution in [-0.4, -0.2) is 46.1 Å². The van der Waals surface area contributed by atoms with Crippen LogP contribution in [0.15, 0.2) is 36.4 Å². The Morgan fingerprint density at radius 3 is 2.68 bits per heavy atom. The first-order valence-electron chi connectivity index (χ1n) is 8.86. The maximum atomic E-state index is 13.1. The fourth-order valence-electron chi connectivity index (χ4n) is 3.03. The Hall–Kier alpha value is -2.71. The van der Waals surface area contributed by atoms with Gasteiger partial charge in [-0.25, -0.2) is 14.2 Å². The van der Waals surface area contributed by atoms with Crippen LogP contribution in [0.3, 0.4) is 0 Å². The van der Waals surface area contributed by atoms with Crippen molar-refractivity contribution >= 4 is 29.4 Å². The van der Waals surface area contributed by atoms with E-state index in [1.54, 1.807) is 12.1 Å². The largest absolute Gasteiger partial charge is 0.465 e. The second-order valence-corrected chi connectivity index (χ2v) is 6.92. The molecule has 28 heavy (non-hydrogen) atoms. The molecule has 1 aliphatic heterocycles. The van der Waals surface area contributed by atoms with Gasteiger partial charge in [0.05, 0.1) is 16.3 Å². The van der Waals surface area contributed by atoms with Crippen LogP contribution in [-0.2, 0) is 6.54 Å². The van der Waals surface area contributed by atoms with Crippen molar-refractivity contribution in [2.45, 2.75) is 25.4 Å². The fraction of sp³-hybridized carbons (Fsp3) is 0.316. The summed E-state index contributed by atoms with van der Waals surface area (Å²) in [6.07, 6.45) is 0.599. The van der Waals surface area contributed by atoms with E-state index in [-0.39, 0.29) is 16.6 Å². The molecule has 7 nitrogen and oxygen atoms in total. The van der Waals surface area contributed by atoms with Gasteiger partial charge < -0.3 is 20.6 Å². The number of pyridine rings is 1. The lowest BCUT2D eigenvalue weighted by Gasteiger charge is -2.30. The summed E-state index contributed by atoms with van der Waals surface area (Å²) in [5.74, 6) is -0.615. The van der Waals surface area contributed by atoms with Gasteiger partial charge in [-0.1, -0.05) is 17.7 Å². The van der Waals surface area contributed by atoms with E-state index in [9.17, 15) is 14.0 Å². The SMILES string of the molecule is O=C(Nc1cccc(CNC2CCN(C(=O)O)CC2)n1)c1ccc(F)cc1Cl. The van der Waals surface area contributed by atoms with Gasteiger partial charge in [-0.05, 0) is 43.2 Å². The van der Waals surface area contributed by atoms with Crippen LogP contribution >= 0.6 is 11.6 Å². The van der Waals surface area contributed by atoms with E-state index in [1.165, 1.54) is 17.0 Å². The molecule has 0 radical (unpaired) electrons. The first-order valence-corrected chi connectivity index (χ1v) is 9.24. The number of aromatic nitrogens is 1. The number of rotatable bonds is 5. The van der Waals surface area contributed by atoms with Gasteiger partial charge in [-0.15, -0.1) is 0 Å². The molecule has 1 fully saturated rings. The molecule has 0 saturated carbocycles. The highest BCUT2D eigenvalue weighted by Gasteiger charge is 2.21. The van der Waals surface area contributed by atoms with E-state index in [0.29, 0.717) is 25.5 Å². The van der Waals surface area contributed by atoms with Crippen molar-refractivity contribution in [3.63, 3.8) is 0 Å². The van der Waals surface area contributed by atoms with E-state index >= 15 is 0 Å². The van der Waals surface area contributed by atoms with Crippen LogP contribution in [0.5, 0.6) is 0 Å². The average Bonchev–Trinajstić information content (AvgIpc) is 2.67. The minimum atomic E-state index is -0.884. The summed E-state index contributed by atoms with van der Waals surface area (Å²) in [7, 11) is 0. The summed E-state index contributed by atoms with van der Waals surface area (Å²) < 4.78 is 13.1. The molecule has 0 bridgehead atoms. The molecule has 0 aliphatic carbocycles. The van der Waals surface area contributed by atoms with E-state index in [2.05, 4.69) is 15.6 Å². The molecule has 3 rings (SSSR count). The van der Waals surface area contributed by atoms with Gasteiger partial charge in [0, 0.05) is 25.7 Å². The van der Waals surface area contributed by atoms with Crippen LogP contribution in [0.4, 0.5) is 15.0 Å². The summed E-state index contributed by atoms with van der Waals surface area (Å²) in [4.78, 5) is 29.1. The van der Waals surface area contributed by atoms with Gasteiger partial charge in [0.15, 0.2) is 0 Å². The number of piperidine rings is 1. The quantitative estimate of drug-likeness (QED) is 0.707. The molecule has 1 aromatic heterocycles. The number of carbonyl (C=O) groups is 2. The van der Waals surface area contributed by atoms with Gasteiger partial charge in [-0.2, -0.15) is 0 Å². The lowest BCUT2D eigenvalue weighted by molar-refractivity contribution is 0.102. The zero-order valence-corrected chi connectivity index (χ0v) is 15.7. The topological polar surface area (TPSA) is 94.6 Å². The molecule has 0 atom stereocenters. The van der Waals surface area contributed by atoms with Gasteiger partial charge in [-0.3, -0.25) is 4.79 Å². The number of benzene rings is 1. The minimum absolute atomic E-state index is 0.0306. The third-order valence-electron chi connectivity index (χ3n) is 4.56. The van der Waals surface area contributed by atoms with Crippen molar-refractivity contribution in [3.05, 3.63) is 58.5 Å². The number of hydrogen-bond donors (Lipinski definition) is 3. The number of likely N-dealkylation sites (tertiary alicyclic amines) is 1.